The molecule has 10 heavy (non-hydrogen) atoms. The van der Waals surface area contributed by atoms with Crippen LogP contribution in [0.2, 0.25) is 0 Å². The number of hydrogen-bond acceptors (Lipinski definition) is 2. The second-order valence-electron chi connectivity index (χ2n) is 2.50. The Hall–Kier alpha value is -0.990. The third-order valence-electron chi connectivity index (χ3n) is 1.42. The minimum atomic E-state index is 0.428. The summed E-state index contributed by atoms with van der Waals surface area (Å²) in [5, 5.41) is 7.20. The van der Waals surface area contributed by atoms with Crippen LogP contribution in [0.25, 0.3) is 0 Å². The summed E-state index contributed by atoms with van der Waals surface area (Å²) in [7, 11) is 1.90. The zero-order chi connectivity index (χ0) is 7.56. The summed E-state index contributed by atoms with van der Waals surface area (Å²) in [6.45, 7) is 4.21. The Kier molecular flexibility index (Phi) is 1.94. The van der Waals surface area contributed by atoms with Crippen LogP contribution in [-0.2, 0) is 0 Å². The molecule has 0 saturated carbocycles. The van der Waals surface area contributed by atoms with E-state index in [9.17, 15) is 0 Å². The first-order chi connectivity index (χ1) is 4.75. The van der Waals surface area contributed by atoms with Gasteiger partial charge in [-0.25, -0.2) is 4.68 Å². The van der Waals surface area contributed by atoms with E-state index >= 15 is 0 Å². The number of nitrogens with one attached hydrogen (secondary N) is 1. The first kappa shape index (κ1) is 7.12. The molecule has 0 atom stereocenters. The summed E-state index contributed by atoms with van der Waals surface area (Å²) in [5.74, 6) is 1.06. The predicted molar refractivity (Wildman–Crippen MR) is 42.2 cm³/mol. The highest BCUT2D eigenvalue weighted by molar-refractivity contribution is 5.32. The van der Waals surface area contributed by atoms with Crippen molar-refractivity contribution in [1.29, 1.82) is 0 Å². The lowest BCUT2D eigenvalue weighted by Crippen LogP contribution is -2.06. The van der Waals surface area contributed by atoms with Gasteiger partial charge in [-0.3, -0.25) is 0 Å². The number of anilines is 1. The van der Waals surface area contributed by atoms with Gasteiger partial charge in [-0.05, 0) is 13.8 Å². The van der Waals surface area contributed by atoms with Crippen molar-refractivity contribution in [3.8, 4) is 0 Å². The second kappa shape index (κ2) is 2.73. The third kappa shape index (κ3) is 1.12. The molecule has 0 fully saturated rings. The lowest BCUT2D eigenvalue weighted by atomic mass is 10.4. The van der Waals surface area contributed by atoms with Crippen molar-refractivity contribution in [2.75, 3.05) is 12.4 Å². The van der Waals surface area contributed by atoms with Crippen molar-refractivity contribution in [2.45, 2.75) is 19.9 Å². The molecule has 1 N–H and O–H groups in total. The fourth-order valence-corrected chi connectivity index (χ4v) is 0.924. The van der Waals surface area contributed by atoms with Crippen LogP contribution in [0.15, 0.2) is 12.3 Å². The summed E-state index contributed by atoms with van der Waals surface area (Å²) in [6, 6.07) is 2.39. The zero-order valence-corrected chi connectivity index (χ0v) is 6.63. The molecule has 0 radical (unpaired) electrons. The largest absolute Gasteiger partial charge is 0.373 e. The van der Waals surface area contributed by atoms with Gasteiger partial charge in [-0.15, -0.1) is 0 Å². The van der Waals surface area contributed by atoms with Gasteiger partial charge in [0.05, 0.1) is 6.20 Å². The standard InChI is InChI=1S/C7H13N3/c1-6(2)10-7(8-3)4-5-9-10/h4-6,8H,1-3H3. The maximum atomic E-state index is 4.14. The van der Waals surface area contributed by atoms with Gasteiger partial charge in [0.2, 0.25) is 0 Å². The van der Waals surface area contributed by atoms with Crippen molar-refractivity contribution < 1.29 is 0 Å². The van der Waals surface area contributed by atoms with E-state index in [1.54, 1.807) is 6.20 Å². The molecule has 3 nitrogen and oxygen atoms in total. The van der Waals surface area contributed by atoms with Crippen molar-refractivity contribution in [3.05, 3.63) is 12.3 Å². The lowest BCUT2D eigenvalue weighted by molar-refractivity contribution is 0.539. The molecule has 1 aromatic heterocycles. The Labute approximate surface area is 61.0 Å². The van der Waals surface area contributed by atoms with E-state index in [1.807, 2.05) is 17.8 Å². The highest BCUT2D eigenvalue weighted by atomic mass is 15.3. The van der Waals surface area contributed by atoms with Crippen LogP contribution in [0.3, 0.4) is 0 Å². The minimum Gasteiger partial charge on any atom is -0.373 e. The van der Waals surface area contributed by atoms with E-state index in [2.05, 4.69) is 24.3 Å². The molecule has 3 heteroatoms. The topological polar surface area (TPSA) is 29.9 Å². The fraction of sp³-hybridized carbons (Fsp3) is 0.571. The molecule has 0 unspecified atom stereocenters. The Morgan fingerprint density at radius 2 is 2.30 bits per heavy atom. The quantitative estimate of drug-likeness (QED) is 0.673. The summed E-state index contributed by atoms with van der Waals surface area (Å²) >= 11 is 0. The lowest BCUT2D eigenvalue weighted by Gasteiger charge is -2.09. The first-order valence-corrected chi connectivity index (χ1v) is 3.47. The summed E-state index contributed by atoms with van der Waals surface area (Å²) < 4.78 is 1.94. The summed E-state index contributed by atoms with van der Waals surface area (Å²) in [4.78, 5) is 0. The van der Waals surface area contributed by atoms with Gasteiger partial charge < -0.3 is 5.32 Å². The molecule has 0 saturated heterocycles. The molecule has 0 bridgehead atoms. The van der Waals surface area contributed by atoms with Crippen molar-refractivity contribution >= 4 is 5.82 Å². The molecule has 1 rings (SSSR count). The Morgan fingerprint density at radius 1 is 1.60 bits per heavy atom. The Bertz CT molecular complexity index is 202. The van der Waals surface area contributed by atoms with Crippen LogP contribution in [0.5, 0.6) is 0 Å². The monoisotopic (exact) mass is 139 g/mol. The maximum Gasteiger partial charge on any atom is 0.124 e. The first-order valence-electron chi connectivity index (χ1n) is 3.47. The average molecular weight is 139 g/mol. The highest BCUT2D eigenvalue weighted by Gasteiger charge is 2.01. The number of rotatable bonds is 2. The van der Waals surface area contributed by atoms with Crippen LogP contribution in [-0.4, -0.2) is 16.8 Å². The fourth-order valence-electron chi connectivity index (χ4n) is 0.924. The average Bonchev–Trinajstić information content (AvgIpc) is 2.33. The second-order valence-corrected chi connectivity index (χ2v) is 2.50. The molecule has 0 spiro atoms. The highest BCUT2D eigenvalue weighted by Crippen LogP contribution is 2.11. The van der Waals surface area contributed by atoms with Crippen LogP contribution < -0.4 is 5.32 Å². The van der Waals surface area contributed by atoms with Crippen molar-refractivity contribution in [3.63, 3.8) is 0 Å². The van der Waals surface area contributed by atoms with Crippen LogP contribution in [0.1, 0.15) is 19.9 Å². The minimum absolute atomic E-state index is 0.428. The molecule has 0 aliphatic rings. The molecule has 0 aliphatic carbocycles. The van der Waals surface area contributed by atoms with E-state index in [1.165, 1.54) is 0 Å². The van der Waals surface area contributed by atoms with Gasteiger partial charge in [0.1, 0.15) is 5.82 Å². The number of hydrogen-bond donors (Lipinski definition) is 1. The number of nitrogens with zero attached hydrogens (tertiary/aromatic N) is 2. The zero-order valence-electron chi connectivity index (χ0n) is 6.63. The molecule has 1 heterocycles. The van der Waals surface area contributed by atoms with Gasteiger partial charge in [-0.2, -0.15) is 5.10 Å². The molecule has 0 aliphatic heterocycles. The maximum absolute atomic E-state index is 4.14. The molecule has 56 valence electrons. The molecule has 0 amide bonds. The summed E-state index contributed by atoms with van der Waals surface area (Å²) in [6.07, 6.45) is 1.80. The van der Waals surface area contributed by atoms with Gasteiger partial charge in [-0.1, -0.05) is 0 Å². The Morgan fingerprint density at radius 3 is 2.70 bits per heavy atom. The van der Waals surface area contributed by atoms with Gasteiger partial charge in [0.25, 0.3) is 0 Å². The summed E-state index contributed by atoms with van der Waals surface area (Å²) in [5.41, 5.74) is 0. The molecule has 0 aromatic carbocycles. The predicted octanol–water partition coefficient (Wildman–Crippen LogP) is 1.51. The molecular formula is C7H13N3. The van der Waals surface area contributed by atoms with Gasteiger partial charge in [0, 0.05) is 19.2 Å². The van der Waals surface area contributed by atoms with E-state index in [-0.39, 0.29) is 0 Å². The van der Waals surface area contributed by atoms with E-state index in [4.69, 9.17) is 0 Å². The van der Waals surface area contributed by atoms with E-state index in [0.29, 0.717) is 6.04 Å². The van der Waals surface area contributed by atoms with E-state index < -0.39 is 0 Å². The smallest absolute Gasteiger partial charge is 0.124 e. The van der Waals surface area contributed by atoms with Gasteiger partial charge >= 0.3 is 0 Å². The van der Waals surface area contributed by atoms with Crippen LogP contribution in [0.4, 0.5) is 5.82 Å². The van der Waals surface area contributed by atoms with Crippen molar-refractivity contribution in [2.24, 2.45) is 0 Å². The van der Waals surface area contributed by atoms with Gasteiger partial charge in [0.15, 0.2) is 0 Å². The van der Waals surface area contributed by atoms with Crippen LogP contribution in [0, 0.1) is 0 Å². The number of aromatic nitrogens is 2. The Balaban J connectivity index is 2.90. The van der Waals surface area contributed by atoms with E-state index in [0.717, 1.165) is 5.82 Å². The molecule has 1 aromatic rings. The van der Waals surface area contributed by atoms with Crippen molar-refractivity contribution in [1.82, 2.24) is 9.78 Å². The SMILES string of the molecule is CNc1ccnn1C(C)C. The normalized spacial score (nSPS) is 10.4. The van der Waals surface area contributed by atoms with Crippen LogP contribution >= 0.6 is 0 Å². The third-order valence-corrected chi connectivity index (χ3v) is 1.42. The molecular weight excluding hydrogens is 126 g/mol.